The Labute approximate surface area is 152 Å². The number of benzene rings is 1. The zero-order valence-electron chi connectivity index (χ0n) is 15.6. The summed E-state index contributed by atoms with van der Waals surface area (Å²) in [6, 6.07) is 5.69. The van der Waals surface area contributed by atoms with Gasteiger partial charge in [-0.25, -0.2) is 9.18 Å². The number of carbonyl (C=O) groups excluding carboxylic acids is 2. The van der Waals surface area contributed by atoms with Gasteiger partial charge in [0.1, 0.15) is 5.82 Å². The van der Waals surface area contributed by atoms with Crippen LogP contribution < -0.4 is 0 Å². The third kappa shape index (κ3) is 4.58. The Hall–Kier alpha value is -2.47. The normalized spacial score (nSPS) is 10.8. The molecule has 2 rings (SSSR count). The SMILES string of the molecule is COCCCn1c(C)cc(C(=O)COC(=O)c2cc(F)ccc2C)c1C. The first-order valence-electron chi connectivity index (χ1n) is 8.47. The highest BCUT2D eigenvalue weighted by atomic mass is 19.1. The van der Waals surface area contributed by atoms with Crippen molar-refractivity contribution < 1.29 is 23.5 Å². The van der Waals surface area contributed by atoms with Crippen LogP contribution in [0.2, 0.25) is 0 Å². The minimum atomic E-state index is -0.704. The number of carbonyl (C=O) groups is 2. The van der Waals surface area contributed by atoms with Crippen LogP contribution in [0.4, 0.5) is 4.39 Å². The first-order valence-corrected chi connectivity index (χ1v) is 8.47. The van der Waals surface area contributed by atoms with Crippen molar-refractivity contribution in [3.63, 3.8) is 0 Å². The lowest BCUT2D eigenvalue weighted by Crippen LogP contribution is -2.16. The van der Waals surface area contributed by atoms with Crippen molar-refractivity contribution in [1.82, 2.24) is 4.57 Å². The van der Waals surface area contributed by atoms with Crippen LogP contribution in [0.15, 0.2) is 24.3 Å². The molecule has 6 heteroatoms. The second kappa shape index (κ2) is 8.76. The summed E-state index contributed by atoms with van der Waals surface area (Å²) in [4.78, 5) is 24.6. The molecule has 0 amide bonds. The van der Waals surface area contributed by atoms with Gasteiger partial charge in [-0.2, -0.15) is 0 Å². The van der Waals surface area contributed by atoms with Gasteiger partial charge in [0.05, 0.1) is 5.56 Å². The number of nitrogens with zero attached hydrogens (tertiary/aromatic N) is 1. The average molecular weight is 361 g/mol. The zero-order chi connectivity index (χ0) is 19.3. The lowest BCUT2D eigenvalue weighted by atomic mass is 10.1. The van der Waals surface area contributed by atoms with Gasteiger partial charge in [0.2, 0.25) is 5.78 Å². The second-order valence-electron chi connectivity index (χ2n) is 6.24. The fourth-order valence-electron chi connectivity index (χ4n) is 2.90. The minimum Gasteiger partial charge on any atom is -0.454 e. The number of hydrogen-bond donors (Lipinski definition) is 0. The molecule has 0 saturated carbocycles. The topological polar surface area (TPSA) is 57.5 Å². The van der Waals surface area contributed by atoms with Crippen LogP contribution in [0, 0.1) is 26.6 Å². The summed E-state index contributed by atoms with van der Waals surface area (Å²) in [5.41, 5.74) is 3.06. The monoisotopic (exact) mass is 361 g/mol. The highest BCUT2D eigenvalue weighted by Gasteiger charge is 2.18. The van der Waals surface area contributed by atoms with E-state index in [4.69, 9.17) is 9.47 Å². The molecule has 0 atom stereocenters. The summed E-state index contributed by atoms with van der Waals surface area (Å²) in [6.07, 6.45) is 0.842. The second-order valence-corrected chi connectivity index (χ2v) is 6.24. The quantitative estimate of drug-likeness (QED) is 0.409. The molecular weight excluding hydrogens is 337 g/mol. The molecule has 0 unspecified atom stereocenters. The molecule has 0 fully saturated rings. The van der Waals surface area contributed by atoms with E-state index in [1.54, 1.807) is 20.1 Å². The maximum atomic E-state index is 13.3. The molecule has 0 aliphatic rings. The van der Waals surface area contributed by atoms with Gasteiger partial charge in [-0.3, -0.25) is 4.79 Å². The molecule has 1 aromatic heterocycles. The molecule has 0 aliphatic carbocycles. The molecule has 0 N–H and O–H groups in total. The van der Waals surface area contributed by atoms with Gasteiger partial charge < -0.3 is 14.0 Å². The first-order chi connectivity index (χ1) is 12.3. The van der Waals surface area contributed by atoms with E-state index in [0.717, 1.165) is 30.4 Å². The zero-order valence-corrected chi connectivity index (χ0v) is 15.6. The third-order valence-electron chi connectivity index (χ3n) is 4.36. The lowest BCUT2D eigenvalue weighted by molar-refractivity contribution is 0.0473. The number of rotatable bonds is 8. The van der Waals surface area contributed by atoms with Gasteiger partial charge in [0.15, 0.2) is 6.61 Å². The largest absolute Gasteiger partial charge is 0.454 e. The average Bonchev–Trinajstić information content (AvgIpc) is 2.89. The molecule has 0 radical (unpaired) electrons. The Morgan fingerprint density at radius 2 is 1.85 bits per heavy atom. The molecule has 140 valence electrons. The summed E-state index contributed by atoms with van der Waals surface area (Å²) >= 11 is 0. The number of ether oxygens (including phenoxy) is 2. The predicted molar refractivity (Wildman–Crippen MR) is 96.1 cm³/mol. The maximum Gasteiger partial charge on any atom is 0.338 e. The van der Waals surface area contributed by atoms with E-state index < -0.39 is 11.8 Å². The van der Waals surface area contributed by atoms with Crippen LogP contribution in [0.25, 0.3) is 0 Å². The number of ketones is 1. The molecule has 0 aliphatic heterocycles. The van der Waals surface area contributed by atoms with E-state index in [2.05, 4.69) is 0 Å². The molecular formula is C20H24FNO4. The molecule has 1 aromatic carbocycles. The highest BCUT2D eigenvalue weighted by molar-refractivity contribution is 6.00. The molecule has 5 nitrogen and oxygen atoms in total. The van der Waals surface area contributed by atoms with Gasteiger partial charge in [-0.15, -0.1) is 0 Å². The number of methoxy groups -OCH3 is 1. The van der Waals surface area contributed by atoms with Crippen molar-refractivity contribution >= 4 is 11.8 Å². The van der Waals surface area contributed by atoms with Crippen molar-refractivity contribution in [2.75, 3.05) is 20.3 Å². The smallest absolute Gasteiger partial charge is 0.338 e. The number of hydrogen-bond acceptors (Lipinski definition) is 4. The van der Waals surface area contributed by atoms with Gasteiger partial charge in [-0.1, -0.05) is 6.07 Å². The van der Waals surface area contributed by atoms with Crippen LogP contribution in [0.5, 0.6) is 0 Å². The minimum absolute atomic E-state index is 0.128. The van der Waals surface area contributed by atoms with E-state index in [0.29, 0.717) is 17.7 Å². The third-order valence-corrected chi connectivity index (χ3v) is 4.36. The summed E-state index contributed by atoms with van der Waals surface area (Å²) in [7, 11) is 1.65. The predicted octanol–water partition coefficient (Wildman–Crippen LogP) is 3.63. The Morgan fingerprint density at radius 1 is 1.12 bits per heavy atom. The Bertz CT molecular complexity index is 810. The van der Waals surface area contributed by atoms with Gasteiger partial charge in [-0.05, 0) is 51.0 Å². The molecule has 1 heterocycles. The van der Waals surface area contributed by atoms with Crippen molar-refractivity contribution in [2.24, 2.45) is 0 Å². The molecule has 26 heavy (non-hydrogen) atoms. The summed E-state index contributed by atoms with van der Waals surface area (Å²) in [5, 5.41) is 0. The van der Waals surface area contributed by atoms with Crippen LogP contribution in [0.3, 0.4) is 0 Å². The number of aromatic nitrogens is 1. The standard InChI is InChI=1S/C20H24FNO4/c1-13-6-7-16(21)11-17(13)20(24)26-12-19(23)18-10-14(2)22(15(18)3)8-5-9-25-4/h6-7,10-11H,5,8-9,12H2,1-4H3. The molecule has 0 saturated heterocycles. The summed E-state index contributed by atoms with van der Waals surface area (Å²) < 4.78 is 25.5. The van der Waals surface area contributed by atoms with Crippen LogP contribution in [0.1, 0.15) is 44.1 Å². The van der Waals surface area contributed by atoms with Gasteiger partial charge in [0, 0.05) is 37.2 Å². The number of halogens is 1. The molecule has 2 aromatic rings. The Morgan fingerprint density at radius 3 is 2.54 bits per heavy atom. The number of Topliss-reactive ketones (excluding diaryl/α,β-unsaturated/α-hetero) is 1. The number of aryl methyl sites for hydroxylation is 2. The van der Waals surface area contributed by atoms with Crippen molar-refractivity contribution in [3.05, 3.63) is 58.2 Å². The van der Waals surface area contributed by atoms with E-state index >= 15 is 0 Å². The van der Waals surface area contributed by atoms with Crippen LogP contribution in [-0.2, 0) is 16.0 Å². The Balaban J connectivity index is 2.05. The van der Waals surface area contributed by atoms with Crippen molar-refractivity contribution in [3.8, 4) is 0 Å². The molecule has 0 spiro atoms. The van der Waals surface area contributed by atoms with Crippen molar-refractivity contribution in [2.45, 2.75) is 33.7 Å². The van der Waals surface area contributed by atoms with Gasteiger partial charge in [0.25, 0.3) is 0 Å². The molecule has 0 bridgehead atoms. The maximum absolute atomic E-state index is 13.3. The van der Waals surface area contributed by atoms with Crippen LogP contribution in [-0.4, -0.2) is 36.6 Å². The van der Waals surface area contributed by atoms with Crippen LogP contribution >= 0.6 is 0 Å². The number of esters is 1. The van der Waals surface area contributed by atoms with Gasteiger partial charge >= 0.3 is 5.97 Å². The van der Waals surface area contributed by atoms with E-state index in [-0.39, 0.29) is 18.0 Å². The lowest BCUT2D eigenvalue weighted by Gasteiger charge is -2.10. The van der Waals surface area contributed by atoms with Crippen molar-refractivity contribution in [1.29, 1.82) is 0 Å². The fraction of sp³-hybridized carbons (Fsp3) is 0.400. The Kier molecular flexibility index (Phi) is 6.69. The summed E-state index contributed by atoms with van der Waals surface area (Å²) in [5.74, 6) is -1.50. The van der Waals surface area contributed by atoms with E-state index in [9.17, 15) is 14.0 Å². The van der Waals surface area contributed by atoms with E-state index in [1.807, 2.05) is 18.4 Å². The summed E-state index contributed by atoms with van der Waals surface area (Å²) in [6.45, 7) is 6.50. The first kappa shape index (κ1) is 19.8. The fourth-order valence-corrected chi connectivity index (χ4v) is 2.90. The van der Waals surface area contributed by atoms with E-state index in [1.165, 1.54) is 12.1 Å². The highest BCUT2D eigenvalue weighted by Crippen LogP contribution is 2.17.